The highest BCUT2D eigenvalue weighted by Crippen LogP contribution is 2.37. The molecule has 0 atom stereocenters. The van der Waals surface area contributed by atoms with Crippen molar-refractivity contribution in [2.45, 2.75) is 46.0 Å². The van der Waals surface area contributed by atoms with Crippen molar-refractivity contribution in [1.29, 1.82) is 0 Å². The number of benzene rings is 1. The Morgan fingerprint density at radius 3 is 2.38 bits per heavy atom. The van der Waals surface area contributed by atoms with Crippen molar-refractivity contribution in [2.75, 3.05) is 11.9 Å². The van der Waals surface area contributed by atoms with E-state index in [0.29, 0.717) is 0 Å². The maximum Gasteiger partial charge on any atom is 0.133 e. The lowest BCUT2D eigenvalue weighted by Crippen LogP contribution is -2.08. The Kier molecular flexibility index (Phi) is 3.91. The average molecular weight is 281 g/mol. The third-order valence-corrected chi connectivity index (χ3v) is 4.36. The van der Waals surface area contributed by atoms with E-state index in [-0.39, 0.29) is 0 Å². The molecule has 1 saturated carbocycles. The van der Waals surface area contributed by atoms with Gasteiger partial charge in [-0.2, -0.15) is 0 Å². The number of hydrogen-bond donors (Lipinski definition) is 1. The van der Waals surface area contributed by atoms with Crippen LogP contribution in [0, 0.1) is 13.8 Å². The summed E-state index contributed by atoms with van der Waals surface area (Å²) >= 11 is 0. The average Bonchev–Trinajstić information content (AvgIpc) is 2.42. The third kappa shape index (κ3) is 2.78. The van der Waals surface area contributed by atoms with Crippen LogP contribution in [0.3, 0.4) is 0 Å². The van der Waals surface area contributed by atoms with E-state index in [1.165, 1.54) is 30.4 Å². The third-order valence-electron chi connectivity index (χ3n) is 4.36. The van der Waals surface area contributed by atoms with Gasteiger partial charge in [0.05, 0.1) is 5.69 Å². The largest absolute Gasteiger partial charge is 0.370 e. The van der Waals surface area contributed by atoms with Gasteiger partial charge in [-0.1, -0.05) is 30.7 Å². The van der Waals surface area contributed by atoms with E-state index in [4.69, 9.17) is 0 Å². The maximum absolute atomic E-state index is 4.64. The molecule has 1 heterocycles. The standard InChI is InChI=1S/C18H23N3/c1-4-19-18-12(2)17(20-13(3)21-18)16-10-8-15(9-11-16)14-6-5-7-14/h8-11,14H,4-7H2,1-3H3,(H,19,20,21). The van der Waals surface area contributed by atoms with Crippen LogP contribution in [0.2, 0.25) is 0 Å². The van der Waals surface area contributed by atoms with Gasteiger partial charge in [-0.25, -0.2) is 9.97 Å². The topological polar surface area (TPSA) is 37.8 Å². The minimum atomic E-state index is 0.782. The second-order valence-corrected chi connectivity index (χ2v) is 5.87. The SMILES string of the molecule is CCNc1nc(C)nc(-c2ccc(C3CCC3)cc2)c1C. The van der Waals surface area contributed by atoms with Gasteiger partial charge in [0.25, 0.3) is 0 Å². The molecule has 1 aliphatic rings. The van der Waals surface area contributed by atoms with Crippen LogP contribution in [-0.4, -0.2) is 16.5 Å². The fourth-order valence-corrected chi connectivity index (χ4v) is 2.90. The number of anilines is 1. The predicted octanol–water partition coefficient (Wildman–Crippen LogP) is 4.46. The highest BCUT2D eigenvalue weighted by atomic mass is 15.0. The first kappa shape index (κ1) is 14.1. The molecule has 0 unspecified atom stereocenters. The van der Waals surface area contributed by atoms with E-state index >= 15 is 0 Å². The molecule has 1 aromatic heterocycles. The zero-order chi connectivity index (χ0) is 14.8. The molecule has 1 aliphatic carbocycles. The van der Waals surface area contributed by atoms with E-state index in [9.17, 15) is 0 Å². The van der Waals surface area contributed by atoms with Gasteiger partial charge in [-0.15, -0.1) is 0 Å². The normalized spacial score (nSPS) is 14.8. The lowest BCUT2D eigenvalue weighted by Gasteiger charge is -2.25. The molecular formula is C18H23N3. The Morgan fingerprint density at radius 2 is 1.81 bits per heavy atom. The Hall–Kier alpha value is -1.90. The summed E-state index contributed by atoms with van der Waals surface area (Å²) in [7, 11) is 0. The van der Waals surface area contributed by atoms with Crippen LogP contribution in [-0.2, 0) is 0 Å². The van der Waals surface area contributed by atoms with Crippen LogP contribution in [0.4, 0.5) is 5.82 Å². The predicted molar refractivity (Wildman–Crippen MR) is 87.7 cm³/mol. The monoisotopic (exact) mass is 281 g/mol. The number of nitrogens with one attached hydrogen (secondary N) is 1. The first-order chi connectivity index (χ1) is 10.2. The molecular weight excluding hydrogens is 258 g/mol. The molecule has 3 heteroatoms. The quantitative estimate of drug-likeness (QED) is 0.899. The van der Waals surface area contributed by atoms with Crippen LogP contribution in [0.15, 0.2) is 24.3 Å². The van der Waals surface area contributed by atoms with Crippen LogP contribution in [0.1, 0.15) is 49.1 Å². The second-order valence-electron chi connectivity index (χ2n) is 5.87. The number of hydrogen-bond acceptors (Lipinski definition) is 3. The molecule has 0 amide bonds. The van der Waals surface area contributed by atoms with Crippen molar-refractivity contribution in [1.82, 2.24) is 9.97 Å². The van der Waals surface area contributed by atoms with E-state index in [1.807, 2.05) is 6.92 Å². The summed E-state index contributed by atoms with van der Waals surface area (Å²) in [4.78, 5) is 9.14. The lowest BCUT2D eigenvalue weighted by molar-refractivity contribution is 0.420. The number of aryl methyl sites for hydroxylation is 1. The summed E-state index contributed by atoms with van der Waals surface area (Å²) in [5, 5.41) is 3.32. The highest BCUT2D eigenvalue weighted by Gasteiger charge is 2.19. The molecule has 3 nitrogen and oxygen atoms in total. The van der Waals surface area contributed by atoms with Gasteiger partial charge in [0.15, 0.2) is 0 Å². The molecule has 0 radical (unpaired) electrons. The Labute approximate surface area is 126 Å². The van der Waals surface area contributed by atoms with Crippen molar-refractivity contribution >= 4 is 5.82 Å². The first-order valence-corrected chi connectivity index (χ1v) is 7.88. The zero-order valence-corrected chi connectivity index (χ0v) is 13.1. The van der Waals surface area contributed by atoms with Gasteiger partial charge in [0.2, 0.25) is 0 Å². The second kappa shape index (κ2) is 5.84. The van der Waals surface area contributed by atoms with Gasteiger partial charge in [0.1, 0.15) is 11.6 Å². The Bertz CT molecular complexity index is 628. The molecule has 110 valence electrons. The van der Waals surface area contributed by atoms with Crippen molar-refractivity contribution in [2.24, 2.45) is 0 Å². The molecule has 3 rings (SSSR count). The zero-order valence-electron chi connectivity index (χ0n) is 13.1. The first-order valence-electron chi connectivity index (χ1n) is 7.88. The smallest absolute Gasteiger partial charge is 0.133 e. The van der Waals surface area contributed by atoms with Crippen LogP contribution < -0.4 is 5.32 Å². The molecule has 1 N–H and O–H groups in total. The summed E-state index contributed by atoms with van der Waals surface area (Å²) in [6.07, 6.45) is 4.06. The number of rotatable bonds is 4. The van der Waals surface area contributed by atoms with Crippen LogP contribution in [0.25, 0.3) is 11.3 Å². The Morgan fingerprint density at radius 1 is 1.10 bits per heavy atom. The van der Waals surface area contributed by atoms with Crippen LogP contribution in [0.5, 0.6) is 0 Å². The van der Waals surface area contributed by atoms with Crippen molar-refractivity contribution < 1.29 is 0 Å². The van der Waals surface area contributed by atoms with Crippen molar-refractivity contribution in [3.8, 4) is 11.3 Å². The highest BCUT2D eigenvalue weighted by molar-refractivity contribution is 5.68. The fourth-order valence-electron chi connectivity index (χ4n) is 2.90. The van der Waals surface area contributed by atoms with E-state index in [2.05, 4.69) is 53.4 Å². The summed E-state index contributed by atoms with van der Waals surface area (Å²) in [5.41, 5.74) is 4.82. The summed E-state index contributed by atoms with van der Waals surface area (Å²) in [5.74, 6) is 2.54. The molecule has 0 bridgehead atoms. The molecule has 0 aliphatic heterocycles. The molecule has 0 saturated heterocycles. The molecule has 1 aromatic carbocycles. The minimum absolute atomic E-state index is 0.782. The minimum Gasteiger partial charge on any atom is -0.370 e. The van der Waals surface area contributed by atoms with Crippen molar-refractivity contribution in [3.05, 3.63) is 41.2 Å². The van der Waals surface area contributed by atoms with Crippen molar-refractivity contribution in [3.63, 3.8) is 0 Å². The van der Waals surface area contributed by atoms with Gasteiger partial charge in [0, 0.05) is 17.7 Å². The van der Waals surface area contributed by atoms with Gasteiger partial charge in [-0.3, -0.25) is 0 Å². The maximum atomic E-state index is 4.64. The fraction of sp³-hybridized carbons (Fsp3) is 0.444. The van der Waals surface area contributed by atoms with E-state index in [1.54, 1.807) is 0 Å². The van der Waals surface area contributed by atoms with Gasteiger partial charge in [-0.05, 0) is 45.1 Å². The molecule has 21 heavy (non-hydrogen) atoms. The Balaban J connectivity index is 1.95. The summed E-state index contributed by atoms with van der Waals surface area (Å²) in [6.45, 7) is 7.00. The molecule has 2 aromatic rings. The van der Waals surface area contributed by atoms with E-state index in [0.717, 1.165) is 35.4 Å². The van der Waals surface area contributed by atoms with Crippen LogP contribution >= 0.6 is 0 Å². The summed E-state index contributed by atoms with van der Waals surface area (Å²) in [6, 6.07) is 8.95. The molecule has 0 spiro atoms. The van der Waals surface area contributed by atoms with E-state index < -0.39 is 0 Å². The summed E-state index contributed by atoms with van der Waals surface area (Å²) < 4.78 is 0. The van der Waals surface area contributed by atoms with Gasteiger partial charge < -0.3 is 5.32 Å². The van der Waals surface area contributed by atoms with Gasteiger partial charge >= 0.3 is 0 Å². The number of nitrogens with zero attached hydrogens (tertiary/aromatic N) is 2. The molecule has 1 fully saturated rings. The number of aromatic nitrogens is 2. The lowest BCUT2D eigenvalue weighted by atomic mass is 9.80.